The van der Waals surface area contributed by atoms with Gasteiger partial charge in [-0.05, 0) is 36.5 Å². The molecule has 0 saturated heterocycles. The van der Waals surface area contributed by atoms with E-state index in [0.717, 1.165) is 24.8 Å². The molecule has 0 radical (unpaired) electrons. The van der Waals surface area contributed by atoms with E-state index >= 15 is 0 Å². The monoisotopic (exact) mass is 355 g/mol. The van der Waals surface area contributed by atoms with Crippen molar-refractivity contribution >= 4 is 11.5 Å². The molecule has 5 nitrogen and oxygen atoms in total. The van der Waals surface area contributed by atoms with E-state index in [2.05, 4.69) is 0 Å². The summed E-state index contributed by atoms with van der Waals surface area (Å²) in [5.41, 5.74) is 7.07. The molecule has 2 aromatic rings. The Hall–Kier alpha value is -2.56. The zero-order valence-electron chi connectivity index (χ0n) is 15.2. The summed E-state index contributed by atoms with van der Waals surface area (Å²) < 4.78 is 5.53. The number of hydrogen-bond donors (Lipinski definition) is 2. The van der Waals surface area contributed by atoms with Crippen LogP contribution in [-0.4, -0.2) is 10.9 Å². The van der Waals surface area contributed by atoms with Gasteiger partial charge in [0.1, 0.15) is 11.5 Å². The third-order valence-electron chi connectivity index (χ3n) is 5.04. The predicted octanol–water partition coefficient (Wildman–Crippen LogP) is 4.01. The van der Waals surface area contributed by atoms with Crippen LogP contribution in [0.1, 0.15) is 72.7 Å². The van der Waals surface area contributed by atoms with Gasteiger partial charge in [-0.2, -0.15) is 0 Å². The van der Waals surface area contributed by atoms with Gasteiger partial charge in [-0.25, -0.2) is 4.79 Å². The Balaban J connectivity index is 2.23. The highest BCUT2D eigenvalue weighted by atomic mass is 16.4. The molecule has 1 aromatic carbocycles. The average molecular weight is 355 g/mol. The zero-order valence-corrected chi connectivity index (χ0v) is 15.2. The molecule has 5 heteroatoms. The lowest BCUT2D eigenvalue weighted by Gasteiger charge is -2.24. The van der Waals surface area contributed by atoms with Gasteiger partial charge in [0, 0.05) is 24.4 Å². The number of benzene rings is 1. The van der Waals surface area contributed by atoms with E-state index in [1.165, 1.54) is 0 Å². The second-order valence-electron chi connectivity index (χ2n) is 7.33. The summed E-state index contributed by atoms with van der Waals surface area (Å²) in [5, 5.41) is 10.9. The summed E-state index contributed by atoms with van der Waals surface area (Å²) in [4.78, 5) is 25.3. The lowest BCUT2D eigenvalue weighted by molar-refractivity contribution is 0.0968. The van der Waals surface area contributed by atoms with Gasteiger partial charge in [-0.3, -0.25) is 4.79 Å². The van der Waals surface area contributed by atoms with E-state index in [4.69, 9.17) is 10.2 Å². The van der Waals surface area contributed by atoms with E-state index < -0.39 is 11.5 Å². The van der Waals surface area contributed by atoms with Crippen LogP contribution in [0, 0.1) is 5.92 Å². The fraction of sp³-hybridized carbons (Fsp3) is 0.429. The van der Waals surface area contributed by atoms with Crippen LogP contribution in [0.4, 0.5) is 5.69 Å². The van der Waals surface area contributed by atoms with Gasteiger partial charge < -0.3 is 15.3 Å². The number of carbonyl (C=O) groups excluding carboxylic acids is 1. The molecule has 0 saturated carbocycles. The molecule has 0 amide bonds. The van der Waals surface area contributed by atoms with Crippen molar-refractivity contribution in [2.45, 2.75) is 51.9 Å². The van der Waals surface area contributed by atoms with E-state index in [-0.39, 0.29) is 28.6 Å². The van der Waals surface area contributed by atoms with Crippen LogP contribution in [0.25, 0.3) is 0 Å². The first-order valence-corrected chi connectivity index (χ1v) is 9.17. The standard InChI is InChI=1S/C21H25NO4/c1-12(2)17(13-7-6-8-14(22)11-13)19-20(24)18-15(23)9-4-3-5-10-16(18)26-21(19)25/h6-8,11-12,17,24H,3-5,9-10,22H2,1-2H3. The third-order valence-corrected chi connectivity index (χ3v) is 5.04. The van der Waals surface area contributed by atoms with Crippen LogP contribution in [0.15, 0.2) is 33.5 Å². The van der Waals surface area contributed by atoms with Crippen molar-refractivity contribution in [3.8, 4) is 5.75 Å². The smallest absolute Gasteiger partial charge is 0.343 e. The summed E-state index contributed by atoms with van der Waals surface area (Å²) in [6.07, 6.45) is 3.39. The van der Waals surface area contributed by atoms with E-state index in [9.17, 15) is 14.7 Å². The lowest BCUT2D eigenvalue weighted by atomic mass is 9.81. The van der Waals surface area contributed by atoms with Crippen LogP contribution in [0.5, 0.6) is 5.75 Å². The van der Waals surface area contributed by atoms with Gasteiger partial charge in [-0.15, -0.1) is 0 Å². The molecule has 138 valence electrons. The van der Waals surface area contributed by atoms with E-state index in [0.29, 0.717) is 24.3 Å². The van der Waals surface area contributed by atoms with E-state index in [1.54, 1.807) is 12.1 Å². The topological polar surface area (TPSA) is 93.5 Å². The number of anilines is 1. The fourth-order valence-electron chi connectivity index (χ4n) is 3.83. The van der Waals surface area contributed by atoms with Crippen LogP contribution >= 0.6 is 0 Å². The van der Waals surface area contributed by atoms with Crippen molar-refractivity contribution in [1.29, 1.82) is 0 Å². The van der Waals surface area contributed by atoms with Crippen LogP contribution in [-0.2, 0) is 6.42 Å². The zero-order chi connectivity index (χ0) is 18.8. The highest BCUT2D eigenvalue weighted by Gasteiger charge is 2.31. The quantitative estimate of drug-likeness (QED) is 0.811. The van der Waals surface area contributed by atoms with Gasteiger partial charge in [0.15, 0.2) is 5.78 Å². The second kappa shape index (κ2) is 7.36. The molecule has 3 N–H and O–H groups in total. The number of aromatic hydroxyl groups is 1. The molecule has 1 aliphatic rings. The maximum absolute atomic E-state index is 12.8. The number of fused-ring (bicyclic) bond motifs is 1. The Labute approximate surface area is 152 Å². The number of aryl methyl sites for hydroxylation is 1. The number of rotatable bonds is 3. The minimum Gasteiger partial charge on any atom is -0.506 e. The first kappa shape index (κ1) is 18.2. The molecular weight excluding hydrogens is 330 g/mol. The van der Waals surface area contributed by atoms with Gasteiger partial charge in [0.05, 0.1) is 11.1 Å². The normalized spacial score (nSPS) is 16.0. The van der Waals surface area contributed by atoms with Crippen molar-refractivity contribution in [3.63, 3.8) is 0 Å². The molecule has 1 aliphatic carbocycles. The number of ketones is 1. The van der Waals surface area contributed by atoms with Crippen molar-refractivity contribution in [2.24, 2.45) is 5.92 Å². The molecule has 1 atom stereocenters. The van der Waals surface area contributed by atoms with Gasteiger partial charge >= 0.3 is 5.63 Å². The van der Waals surface area contributed by atoms with Gasteiger partial charge in [0.25, 0.3) is 0 Å². The van der Waals surface area contributed by atoms with Crippen LogP contribution in [0.2, 0.25) is 0 Å². The summed E-state index contributed by atoms with van der Waals surface area (Å²) >= 11 is 0. The van der Waals surface area contributed by atoms with Crippen LogP contribution in [0.3, 0.4) is 0 Å². The van der Waals surface area contributed by atoms with Gasteiger partial charge in [-0.1, -0.05) is 32.4 Å². The van der Waals surface area contributed by atoms with Crippen molar-refractivity contribution in [3.05, 3.63) is 57.1 Å². The number of carbonyl (C=O) groups is 1. The Morgan fingerprint density at radius 3 is 2.54 bits per heavy atom. The molecule has 0 bridgehead atoms. The first-order chi connectivity index (χ1) is 12.4. The molecule has 3 rings (SSSR count). The minimum atomic E-state index is -0.573. The van der Waals surface area contributed by atoms with Gasteiger partial charge in [0.2, 0.25) is 0 Å². The molecule has 0 spiro atoms. The Kier molecular flexibility index (Phi) is 5.16. The second-order valence-corrected chi connectivity index (χ2v) is 7.33. The fourth-order valence-corrected chi connectivity index (χ4v) is 3.83. The molecule has 0 fully saturated rings. The van der Waals surface area contributed by atoms with E-state index in [1.807, 2.05) is 26.0 Å². The molecular formula is C21H25NO4. The number of Topliss-reactive ketones (excluding diaryl/α,β-unsaturated/α-hetero) is 1. The van der Waals surface area contributed by atoms with Crippen molar-refractivity contribution in [2.75, 3.05) is 5.73 Å². The largest absolute Gasteiger partial charge is 0.506 e. The maximum atomic E-state index is 12.8. The average Bonchev–Trinajstić information content (AvgIpc) is 2.55. The molecule has 1 aromatic heterocycles. The summed E-state index contributed by atoms with van der Waals surface area (Å²) in [7, 11) is 0. The minimum absolute atomic E-state index is 0.00677. The Morgan fingerprint density at radius 2 is 1.85 bits per heavy atom. The molecule has 0 aliphatic heterocycles. The lowest BCUT2D eigenvalue weighted by Crippen LogP contribution is -2.22. The maximum Gasteiger partial charge on any atom is 0.343 e. The summed E-state index contributed by atoms with van der Waals surface area (Å²) in [6, 6.07) is 7.26. The predicted molar refractivity (Wildman–Crippen MR) is 101 cm³/mol. The van der Waals surface area contributed by atoms with Crippen molar-refractivity contribution < 1.29 is 14.3 Å². The third kappa shape index (κ3) is 3.39. The van der Waals surface area contributed by atoms with Crippen molar-refractivity contribution in [1.82, 2.24) is 0 Å². The number of hydrogen-bond acceptors (Lipinski definition) is 5. The number of nitrogen functional groups attached to an aromatic ring is 1. The number of nitrogens with two attached hydrogens (primary N) is 1. The molecule has 1 unspecified atom stereocenters. The highest BCUT2D eigenvalue weighted by Crippen LogP contribution is 2.39. The Morgan fingerprint density at radius 1 is 1.12 bits per heavy atom. The molecule has 26 heavy (non-hydrogen) atoms. The highest BCUT2D eigenvalue weighted by molar-refractivity contribution is 5.99. The van der Waals surface area contributed by atoms with Crippen LogP contribution < -0.4 is 11.4 Å². The summed E-state index contributed by atoms with van der Waals surface area (Å²) in [5.74, 6) is -0.455. The summed E-state index contributed by atoms with van der Waals surface area (Å²) in [6.45, 7) is 3.93. The Bertz CT molecular complexity index is 882. The first-order valence-electron chi connectivity index (χ1n) is 9.17. The molecule has 1 heterocycles. The SMILES string of the molecule is CC(C)C(c1cccc(N)c1)c1c(O)c2c(oc1=O)CCCCCC2=O.